The second-order valence-electron chi connectivity index (χ2n) is 5.90. The maximum Gasteiger partial charge on any atom is 0.272 e. The first-order chi connectivity index (χ1) is 12.5. The zero-order valence-electron chi connectivity index (χ0n) is 15.2. The van der Waals surface area contributed by atoms with E-state index in [1.165, 1.54) is 0 Å². The Kier molecular flexibility index (Phi) is 5.09. The van der Waals surface area contributed by atoms with Crippen LogP contribution in [0.25, 0.3) is 10.9 Å². The fourth-order valence-corrected chi connectivity index (χ4v) is 3.39. The lowest BCUT2D eigenvalue weighted by Gasteiger charge is -2.12. The molecule has 3 aromatic rings. The van der Waals surface area contributed by atoms with Crippen LogP contribution in [0.5, 0.6) is 11.5 Å². The smallest absolute Gasteiger partial charge is 0.272 e. The number of amides is 1. The number of fused-ring (bicyclic) bond motifs is 1. The third kappa shape index (κ3) is 3.10. The number of halogens is 1. The number of rotatable bonds is 5. The van der Waals surface area contributed by atoms with Crippen molar-refractivity contribution in [2.75, 3.05) is 19.5 Å². The van der Waals surface area contributed by atoms with Crippen molar-refractivity contribution in [2.45, 2.75) is 20.4 Å². The Bertz CT molecular complexity index is 979. The van der Waals surface area contributed by atoms with Gasteiger partial charge in [-0.3, -0.25) is 4.79 Å². The zero-order chi connectivity index (χ0) is 18.8. The lowest BCUT2D eigenvalue weighted by molar-refractivity contribution is 0.101. The average Bonchev–Trinajstić information content (AvgIpc) is 2.93. The maximum atomic E-state index is 13.0. The molecular weight excluding hydrogens is 352 g/mol. The van der Waals surface area contributed by atoms with E-state index in [9.17, 15) is 4.79 Å². The van der Waals surface area contributed by atoms with Gasteiger partial charge in [-0.2, -0.15) is 0 Å². The first kappa shape index (κ1) is 18.1. The molecule has 5 nitrogen and oxygen atoms in total. The average molecular weight is 373 g/mol. The van der Waals surface area contributed by atoms with Gasteiger partial charge < -0.3 is 19.4 Å². The van der Waals surface area contributed by atoms with Crippen molar-refractivity contribution in [3.63, 3.8) is 0 Å². The number of benzene rings is 2. The molecule has 136 valence electrons. The summed E-state index contributed by atoms with van der Waals surface area (Å²) in [4.78, 5) is 13.0. The minimum atomic E-state index is -0.177. The van der Waals surface area contributed by atoms with Gasteiger partial charge in [-0.25, -0.2) is 0 Å². The Morgan fingerprint density at radius 1 is 1.12 bits per heavy atom. The van der Waals surface area contributed by atoms with Crippen LogP contribution in [0.2, 0.25) is 5.02 Å². The highest BCUT2D eigenvalue weighted by Crippen LogP contribution is 2.31. The van der Waals surface area contributed by atoms with Gasteiger partial charge in [-0.05, 0) is 49.7 Å². The van der Waals surface area contributed by atoms with Gasteiger partial charge in [-0.1, -0.05) is 11.6 Å². The molecule has 2 aromatic carbocycles. The molecule has 0 saturated carbocycles. The van der Waals surface area contributed by atoms with E-state index in [0.29, 0.717) is 34.4 Å². The normalized spacial score (nSPS) is 10.8. The van der Waals surface area contributed by atoms with Gasteiger partial charge in [0, 0.05) is 34.2 Å². The van der Waals surface area contributed by atoms with Crippen LogP contribution in [0, 0.1) is 6.92 Å². The maximum absolute atomic E-state index is 13.0. The van der Waals surface area contributed by atoms with E-state index in [1.54, 1.807) is 32.4 Å². The number of ether oxygens (including phenoxy) is 2. The molecule has 1 amide bonds. The first-order valence-corrected chi connectivity index (χ1v) is 8.69. The Balaban J connectivity index is 2.01. The van der Waals surface area contributed by atoms with Crippen molar-refractivity contribution in [1.29, 1.82) is 0 Å². The molecule has 0 aliphatic heterocycles. The topological polar surface area (TPSA) is 52.5 Å². The van der Waals surface area contributed by atoms with Crippen molar-refractivity contribution >= 4 is 34.1 Å². The van der Waals surface area contributed by atoms with Crippen LogP contribution >= 0.6 is 11.6 Å². The summed E-state index contributed by atoms with van der Waals surface area (Å²) in [6.07, 6.45) is 0. The highest BCUT2D eigenvalue weighted by atomic mass is 35.5. The monoisotopic (exact) mass is 372 g/mol. The standard InChI is InChI=1S/C20H21ClN2O3/c1-5-23-16-8-6-13(21)10-15(16)12(2)19(23)20(24)22-14-7-9-17(25-3)18(11-14)26-4/h6-11H,5H2,1-4H3,(H,22,24). The van der Waals surface area contributed by atoms with Crippen molar-refractivity contribution in [3.05, 3.63) is 52.7 Å². The summed E-state index contributed by atoms with van der Waals surface area (Å²) in [6.45, 7) is 4.63. The zero-order valence-corrected chi connectivity index (χ0v) is 16.0. The van der Waals surface area contributed by atoms with Crippen LogP contribution in [0.1, 0.15) is 23.0 Å². The van der Waals surface area contributed by atoms with Crippen LogP contribution in [-0.4, -0.2) is 24.7 Å². The SMILES string of the molecule is CCn1c(C(=O)Nc2ccc(OC)c(OC)c2)c(C)c2cc(Cl)ccc21. The molecule has 1 aromatic heterocycles. The molecular formula is C20H21ClN2O3. The summed E-state index contributed by atoms with van der Waals surface area (Å²) in [5.74, 6) is 0.993. The van der Waals surface area contributed by atoms with Gasteiger partial charge in [0.25, 0.3) is 5.91 Å². The van der Waals surface area contributed by atoms with Crippen LogP contribution in [0.15, 0.2) is 36.4 Å². The molecule has 0 saturated heterocycles. The van der Waals surface area contributed by atoms with Gasteiger partial charge in [0.2, 0.25) is 0 Å². The number of aryl methyl sites for hydroxylation is 2. The summed E-state index contributed by atoms with van der Waals surface area (Å²) < 4.78 is 12.5. The summed E-state index contributed by atoms with van der Waals surface area (Å²) in [6, 6.07) is 11.0. The lowest BCUT2D eigenvalue weighted by Crippen LogP contribution is -2.18. The van der Waals surface area contributed by atoms with Gasteiger partial charge in [0.05, 0.1) is 14.2 Å². The number of anilines is 1. The van der Waals surface area contributed by atoms with Crippen LogP contribution in [-0.2, 0) is 6.54 Å². The number of hydrogen-bond donors (Lipinski definition) is 1. The molecule has 0 atom stereocenters. The Morgan fingerprint density at radius 3 is 2.50 bits per heavy atom. The van der Waals surface area contributed by atoms with E-state index < -0.39 is 0 Å². The van der Waals surface area contributed by atoms with Gasteiger partial charge in [-0.15, -0.1) is 0 Å². The molecule has 0 unspecified atom stereocenters. The van der Waals surface area contributed by atoms with E-state index >= 15 is 0 Å². The van der Waals surface area contributed by atoms with Crippen molar-refractivity contribution in [2.24, 2.45) is 0 Å². The Morgan fingerprint density at radius 2 is 1.85 bits per heavy atom. The molecule has 3 rings (SSSR count). The number of carbonyl (C=O) groups is 1. The van der Waals surface area contributed by atoms with E-state index in [1.807, 2.05) is 36.6 Å². The summed E-state index contributed by atoms with van der Waals surface area (Å²) in [5.41, 5.74) is 3.16. The van der Waals surface area contributed by atoms with Gasteiger partial charge in [0.15, 0.2) is 11.5 Å². The Hall–Kier alpha value is -2.66. The molecule has 1 heterocycles. The number of aromatic nitrogens is 1. The summed E-state index contributed by atoms with van der Waals surface area (Å²) in [5, 5.41) is 4.58. The number of nitrogens with zero attached hydrogens (tertiary/aromatic N) is 1. The quantitative estimate of drug-likeness (QED) is 0.693. The molecule has 6 heteroatoms. The lowest BCUT2D eigenvalue weighted by atomic mass is 10.1. The van der Waals surface area contributed by atoms with E-state index in [2.05, 4.69) is 5.32 Å². The molecule has 0 radical (unpaired) electrons. The third-order valence-electron chi connectivity index (χ3n) is 4.45. The molecule has 0 bridgehead atoms. The molecule has 0 aliphatic rings. The number of methoxy groups -OCH3 is 2. The second-order valence-corrected chi connectivity index (χ2v) is 6.34. The summed E-state index contributed by atoms with van der Waals surface area (Å²) >= 11 is 6.13. The largest absolute Gasteiger partial charge is 0.493 e. The predicted molar refractivity (Wildman–Crippen MR) is 105 cm³/mol. The molecule has 0 fully saturated rings. The number of carbonyl (C=O) groups excluding carboxylic acids is 1. The predicted octanol–water partition coefficient (Wildman–Crippen LogP) is 4.89. The van der Waals surface area contributed by atoms with E-state index in [4.69, 9.17) is 21.1 Å². The van der Waals surface area contributed by atoms with Crippen LogP contribution in [0.3, 0.4) is 0 Å². The van der Waals surface area contributed by atoms with E-state index in [0.717, 1.165) is 16.5 Å². The van der Waals surface area contributed by atoms with E-state index in [-0.39, 0.29) is 5.91 Å². The minimum Gasteiger partial charge on any atom is -0.493 e. The molecule has 1 N–H and O–H groups in total. The summed E-state index contributed by atoms with van der Waals surface area (Å²) in [7, 11) is 3.14. The molecule has 0 aliphatic carbocycles. The number of nitrogens with one attached hydrogen (secondary N) is 1. The Labute approximate surface area is 157 Å². The minimum absolute atomic E-state index is 0.177. The third-order valence-corrected chi connectivity index (χ3v) is 4.69. The molecule has 0 spiro atoms. The highest BCUT2D eigenvalue weighted by molar-refractivity contribution is 6.31. The van der Waals surface area contributed by atoms with Crippen LogP contribution < -0.4 is 14.8 Å². The second kappa shape index (κ2) is 7.30. The van der Waals surface area contributed by atoms with Crippen molar-refractivity contribution in [1.82, 2.24) is 4.57 Å². The number of hydrogen-bond acceptors (Lipinski definition) is 3. The van der Waals surface area contributed by atoms with Crippen LogP contribution in [0.4, 0.5) is 5.69 Å². The van der Waals surface area contributed by atoms with Gasteiger partial charge in [0.1, 0.15) is 5.69 Å². The highest BCUT2D eigenvalue weighted by Gasteiger charge is 2.20. The van der Waals surface area contributed by atoms with Crippen molar-refractivity contribution < 1.29 is 14.3 Å². The van der Waals surface area contributed by atoms with Gasteiger partial charge >= 0.3 is 0 Å². The fraction of sp³-hybridized carbons (Fsp3) is 0.250. The fourth-order valence-electron chi connectivity index (χ4n) is 3.22. The van der Waals surface area contributed by atoms with Crippen molar-refractivity contribution in [3.8, 4) is 11.5 Å². The molecule has 26 heavy (non-hydrogen) atoms. The first-order valence-electron chi connectivity index (χ1n) is 8.31.